The smallest absolute Gasteiger partial charge is 0.255 e. The second-order valence-corrected chi connectivity index (χ2v) is 6.83. The highest BCUT2D eigenvalue weighted by molar-refractivity contribution is 5.95. The van der Waals surface area contributed by atoms with Crippen LogP contribution in [0.15, 0.2) is 6.20 Å². The summed E-state index contributed by atoms with van der Waals surface area (Å²) in [7, 11) is 1.82. The van der Waals surface area contributed by atoms with Gasteiger partial charge in [-0.05, 0) is 6.92 Å². The van der Waals surface area contributed by atoms with Crippen LogP contribution in [0.4, 0.5) is 0 Å². The molecule has 2 rings (SSSR count). The molecule has 0 aliphatic heterocycles. The summed E-state index contributed by atoms with van der Waals surface area (Å²) in [6, 6.07) is 0.155. The van der Waals surface area contributed by atoms with Gasteiger partial charge in [-0.25, -0.2) is 0 Å². The number of carbonyl (C=O) groups excluding carboxylic acids is 1. The van der Waals surface area contributed by atoms with E-state index in [1.807, 2.05) is 14.0 Å². The summed E-state index contributed by atoms with van der Waals surface area (Å²) >= 11 is 0. The van der Waals surface area contributed by atoms with Gasteiger partial charge in [0.15, 0.2) is 0 Å². The zero-order chi connectivity index (χ0) is 14.6. The van der Waals surface area contributed by atoms with Crippen LogP contribution in [0.3, 0.4) is 0 Å². The van der Waals surface area contributed by atoms with Gasteiger partial charge in [0.1, 0.15) is 0 Å². The first-order chi connectivity index (χ1) is 8.58. The fourth-order valence-corrected chi connectivity index (χ4v) is 3.58. The topological polar surface area (TPSA) is 72.9 Å². The molecular weight excluding hydrogens is 240 g/mol. The van der Waals surface area contributed by atoms with E-state index in [1.54, 1.807) is 10.9 Å². The minimum Gasteiger partial charge on any atom is -0.348 e. The molecule has 5 heteroatoms. The van der Waals surface area contributed by atoms with E-state index in [2.05, 4.69) is 38.1 Å². The van der Waals surface area contributed by atoms with Crippen molar-refractivity contribution in [2.45, 2.75) is 46.7 Å². The van der Waals surface area contributed by atoms with Crippen LogP contribution in [0.2, 0.25) is 0 Å². The summed E-state index contributed by atoms with van der Waals surface area (Å²) in [6.07, 6.45) is 1.75. The third-order valence-corrected chi connectivity index (χ3v) is 4.62. The molecule has 1 aromatic heterocycles. The molecule has 0 unspecified atom stereocenters. The highest BCUT2D eigenvalue weighted by Gasteiger charge is 2.60. The minimum absolute atomic E-state index is 0.0661. The number of carbonyl (C=O) groups is 1. The molecule has 19 heavy (non-hydrogen) atoms. The number of nitrogens with zero attached hydrogens (tertiary/aromatic N) is 2. The molecule has 3 N–H and O–H groups in total. The molecule has 0 bridgehead atoms. The van der Waals surface area contributed by atoms with Crippen LogP contribution in [0.1, 0.15) is 43.7 Å². The number of aryl methyl sites for hydroxylation is 2. The number of amides is 1. The molecule has 0 saturated heterocycles. The summed E-state index contributed by atoms with van der Waals surface area (Å²) in [5.41, 5.74) is 7.41. The van der Waals surface area contributed by atoms with Gasteiger partial charge in [0.05, 0.1) is 11.3 Å². The molecule has 1 heterocycles. The van der Waals surface area contributed by atoms with E-state index in [0.29, 0.717) is 5.56 Å². The first kappa shape index (κ1) is 14.1. The Labute approximate surface area is 114 Å². The predicted octanol–water partition coefficient (Wildman–Crippen LogP) is 1.22. The zero-order valence-electron chi connectivity index (χ0n) is 12.6. The highest BCUT2D eigenvalue weighted by atomic mass is 16.1. The number of hydrogen-bond donors (Lipinski definition) is 2. The maximum Gasteiger partial charge on any atom is 0.255 e. The van der Waals surface area contributed by atoms with E-state index < -0.39 is 0 Å². The Balaban J connectivity index is 2.18. The van der Waals surface area contributed by atoms with Gasteiger partial charge in [0.25, 0.3) is 5.91 Å². The number of nitrogens with one attached hydrogen (secondary N) is 1. The Bertz CT molecular complexity index is 500. The Kier molecular flexibility index (Phi) is 3.01. The molecule has 0 spiro atoms. The second kappa shape index (κ2) is 4.07. The van der Waals surface area contributed by atoms with Crippen molar-refractivity contribution >= 4 is 5.91 Å². The largest absolute Gasteiger partial charge is 0.348 e. The first-order valence-corrected chi connectivity index (χ1v) is 6.65. The van der Waals surface area contributed by atoms with E-state index in [0.717, 1.165) is 5.69 Å². The van der Waals surface area contributed by atoms with Crippen LogP contribution >= 0.6 is 0 Å². The SMILES string of the molecule is Cc1nn(C)cc1C(=O)NC1C(C)(C)C(N)C1(C)C. The lowest BCUT2D eigenvalue weighted by molar-refractivity contribution is -0.0663. The summed E-state index contributed by atoms with van der Waals surface area (Å²) in [6.45, 7) is 10.2. The summed E-state index contributed by atoms with van der Waals surface area (Å²) in [5.74, 6) is -0.0661. The maximum atomic E-state index is 12.4. The minimum atomic E-state index is -0.0880. The van der Waals surface area contributed by atoms with Gasteiger partial charge in [0.2, 0.25) is 0 Å². The molecule has 0 aromatic carbocycles. The van der Waals surface area contributed by atoms with Crippen molar-refractivity contribution in [2.75, 3.05) is 0 Å². The number of aromatic nitrogens is 2. The molecular formula is C14H24N4O. The third kappa shape index (κ3) is 1.96. The van der Waals surface area contributed by atoms with Crippen LogP contribution < -0.4 is 11.1 Å². The van der Waals surface area contributed by atoms with Gasteiger partial charge in [0, 0.05) is 36.2 Å². The lowest BCUT2D eigenvalue weighted by Gasteiger charge is -2.62. The monoisotopic (exact) mass is 264 g/mol. The van der Waals surface area contributed by atoms with Crippen molar-refractivity contribution in [3.05, 3.63) is 17.5 Å². The standard InChI is InChI=1S/C14H24N4O/c1-8-9(7-18(6)17-8)10(19)16-12-13(2,3)11(15)14(12,4)5/h7,11-12H,15H2,1-6H3,(H,16,19). The summed E-state index contributed by atoms with van der Waals surface area (Å²) < 4.78 is 1.66. The van der Waals surface area contributed by atoms with E-state index in [9.17, 15) is 4.79 Å². The maximum absolute atomic E-state index is 12.4. The van der Waals surface area contributed by atoms with Crippen LogP contribution in [0.5, 0.6) is 0 Å². The van der Waals surface area contributed by atoms with E-state index >= 15 is 0 Å². The molecule has 1 saturated carbocycles. The Morgan fingerprint density at radius 1 is 1.37 bits per heavy atom. The van der Waals surface area contributed by atoms with Crippen LogP contribution in [0.25, 0.3) is 0 Å². The van der Waals surface area contributed by atoms with Gasteiger partial charge >= 0.3 is 0 Å². The van der Waals surface area contributed by atoms with Gasteiger partial charge in [-0.1, -0.05) is 27.7 Å². The summed E-state index contributed by atoms with van der Waals surface area (Å²) in [5, 5.41) is 7.33. The second-order valence-electron chi connectivity index (χ2n) is 6.83. The van der Waals surface area contributed by atoms with Crippen LogP contribution in [0, 0.1) is 17.8 Å². The van der Waals surface area contributed by atoms with Crippen LogP contribution in [-0.4, -0.2) is 27.8 Å². The molecule has 1 aromatic rings. The molecule has 0 radical (unpaired) electrons. The average molecular weight is 264 g/mol. The lowest BCUT2D eigenvalue weighted by atomic mass is 9.48. The van der Waals surface area contributed by atoms with Gasteiger partial charge in [-0.15, -0.1) is 0 Å². The van der Waals surface area contributed by atoms with Gasteiger partial charge in [-0.3, -0.25) is 9.48 Å². The van der Waals surface area contributed by atoms with E-state index in [4.69, 9.17) is 5.73 Å². The predicted molar refractivity (Wildman–Crippen MR) is 74.7 cm³/mol. The Morgan fingerprint density at radius 3 is 2.32 bits per heavy atom. The van der Waals surface area contributed by atoms with Crippen molar-refractivity contribution in [1.29, 1.82) is 0 Å². The molecule has 1 aliphatic rings. The normalized spacial score (nSPS) is 27.7. The average Bonchev–Trinajstić information content (AvgIpc) is 2.63. The molecule has 5 nitrogen and oxygen atoms in total. The molecule has 1 fully saturated rings. The highest BCUT2D eigenvalue weighted by Crippen LogP contribution is 2.52. The fourth-order valence-electron chi connectivity index (χ4n) is 3.58. The van der Waals surface area contributed by atoms with Crippen LogP contribution in [-0.2, 0) is 7.05 Å². The van der Waals surface area contributed by atoms with Crippen molar-refractivity contribution in [1.82, 2.24) is 15.1 Å². The van der Waals surface area contributed by atoms with Crippen molar-refractivity contribution in [3.8, 4) is 0 Å². The molecule has 1 aliphatic carbocycles. The van der Waals surface area contributed by atoms with Crippen molar-refractivity contribution < 1.29 is 4.79 Å². The Hall–Kier alpha value is -1.36. The summed E-state index contributed by atoms with van der Waals surface area (Å²) in [4.78, 5) is 12.4. The number of hydrogen-bond acceptors (Lipinski definition) is 3. The van der Waals surface area contributed by atoms with Crippen molar-refractivity contribution in [3.63, 3.8) is 0 Å². The number of nitrogens with two attached hydrogens (primary N) is 1. The lowest BCUT2D eigenvalue weighted by Crippen LogP contribution is -2.76. The number of rotatable bonds is 2. The molecule has 1 amide bonds. The van der Waals surface area contributed by atoms with E-state index in [1.165, 1.54) is 0 Å². The molecule has 106 valence electrons. The van der Waals surface area contributed by atoms with Gasteiger partial charge < -0.3 is 11.1 Å². The quantitative estimate of drug-likeness (QED) is 0.843. The Morgan fingerprint density at radius 2 is 1.89 bits per heavy atom. The van der Waals surface area contributed by atoms with E-state index in [-0.39, 0.29) is 28.8 Å². The van der Waals surface area contributed by atoms with Gasteiger partial charge in [-0.2, -0.15) is 5.10 Å². The fraction of sp³-hybridized carbons (Fsp3) is 0.714. The molecule has 0 atom stereocenters. The van der Waals surface area contributed by atoms with Crippen molar-refractivity contribution in [2.24, 2.45) is 23.6 Å². The third-order valence-electron chi connectivity index (χ3n) is 4.62. The zero-order valence-corrected chi connectivity index (χ0v) is 12.6. The first-order valence-electron chi connectivity index (χ1n) is 6.65.